The molecule has 78 valence electrons. The van der Waals surface area contributed by atoms with Gasteiger partial charge in [0.2, 0.25) is 0 Å². The minimum Gasteiger partial charge on any atom is -0.323 e. The third-order valence-electron chi connectivity index (χ3n) is 2.53. The zero-order valence-electron chi connectivity index (χ0n) is 9.29. The van der Waals surface area contributed by atoms with Gasteiger partial charge in [0.05, 0.1) is 0 Å². The first-order valence-corrected chi connectivity index (χ1v) is 5.15. The molecular formula is C11H18N2O. The number of rotatable bonds is 3. The van der Waals surface area contributed by atoms with E-state index in [4.69, 9.17) is 0 Å². The molecule has 0 unspecified atom stereocenters. The van der Waals surface area contributed by atoms with Crippen molar-refractivity contribution in [1.29, 1.82) is 0 Å². The van der Waals surface area contributed by atoms with Crippen molar-refractivity contribution < 1.29 is 0 Å². The van der Waals surface area contributed by atoms with E-state index in [-0.39, 0.29) is 11.5 Å². The minimum absolute atomic E-state index is 0.0365. The molecule has 1 heterocycles. The summed E-state index contributed by atoms with van der Waals surface area (Å²) in [7, 11) is 0. The first-order chi connectivity index (χ1) is 6.56. The highest BCUT2D eigenvalue weighted by Gasteiger charge is 2.10. The molecule has 1 N–H and O–H groups in total. The maximum atomic E-state index is 11.6. The lowest BCUT2D eigenvalue weighted by atomic mass is 10.1. The average molecular weight is 194 g/mol. The van der Waals surface area contributed by atoms with Gasteiger partial charge in [-0.2, -0.15) is 0 Å². The van der Waals surface area contributed by atoms with Gasteiger partial charge in [0, 0.05) is 17.8 Å². The van der Waals surface area contributed by atoms with E-state index in [0.717, 1.165) is 12.1 Å². The fourth-order valence-corrected chi connectivity index (χ4v) is 1.26. The molecular weight excluding hydrogens is 176 g/mol. The second-order valence-corrected chi connectivity index (χ2v) is 4.02. The molecule has 0 saturated carbocycles. The van der Waals surface area contributed by atoms with E-state index in [9.17, 15) is 4.79 Å². The number of nitrogens with zero attached hydrogens (tertiary/aromatic N) is 1. The van der Waals surface area contributed by atoms with Crippen molar-refractivity contribution in [3.05, 3.63) is 27.9 Å². The smallest absolute Gasteiger partial charge is 0.270 e. The van der Waals surface area contributed by atoms with Gasteiger partial charge < -0.3 is 4.98 Å². The number of hydrogen-bond acceptors (Lipinski definition) is 2. The topological polar surface area (TPSA) is 45.8 Å². The predicted molar refractivity (Wildman–Crippen MR) is 57.7 cm³/mol. The molecule has 0 spiro atoms. The summed E-state index contributed by atoms with van der Waals surface area (Å²) in [4.78, 5) is 18.7. The van der Waals surface area contributed by atoms with Crippen molar-refractivity contribution in [2.24, 2.45) is 0 Å². The Balaban J connectivity index is 3.08. The Kier molecular flexibility index (Phi) is 3.44. The predicted octanol–water partition coefficient (Wildman–Crippen LogP) is 2.41. The van der Waals surface area contributed by atoms with Crippen molar-refractivity contribution in [3.63, 3.8) is 0 Å². The summed E-state index contributed by atoms with van der Waals surface area (Å²) in [6.07, 6.45) is 2.71. The molecule has 14 heavy (non-hydrogen) atoms. The van der Waals surface area contributed by atoms with Crippen molar-refractivity contribution in [2.45, 2.75) is 46.0 Å². The minimum atomic E-state index is -0.0365. The largest absolute Gasteiger partial charge is 0.323 e. The summed E-state index contributed by atoms with van der Waals surface area (Å²) in [5.41, 5.74) is 1.52. The molecule has 0 fully saturated rings. The van der Waals surface area contributed by atoms with E-state index < -0.39 is 0 Å². The van der Waals surface area contributed by atoms with Crippen LogP contribution in [-0.2, 0) is 0 Å². The van der Waals surface area contributed by atoms with Crippen molar-refractivity contribution in [1.82, 2.24) is 9.97 Å². The molecule has 1 atom stereocenters. The van der Waals surface area contributed by atoms with Crippen LogP contribution in [0.25, 0.3) is 0 Å². The van der Waals surface area contributed by atoms with Gasteiger partial charge in [0.25, 0.3) is 5.56 Å². The van der Waals surface area contributed by atoms with Gasteiger partial charge in [-0.3, -0.25) is 9.78 Å². The van der Waals surface area contributed by atoms with Crippen LogP contribution in [0.4, 0.5) is 0 Å². The number of aromatic nitrogens is 2. The molecule has 0 radical (unpaired) electrons. The Morgan fingerprint density at radius 3 is 2.50 bits per heavy atom. The Hall–Kier alpha value is -1.12. The highest BCUT2D eigenvalue weighted by Crippen LogP contribution is 2.13. The summed E-state index contributed by atoms with van der Waals surface area (Å²) in [5.74, 6) is 0.557. The highest BCUT2D eigenvalue weighted by atomic mass is 16.1. The molecule has 3 heteroatoms. The van der Waals surface area contributed by atoms with Crippen LogP contribution >= 0.6 is 0 Å². The van der Waals surface area contributed by atoms with Crippen LogP contribution in [0.1, 0.15) is 57.3 Å². The fourth-order valence-electron chi connectivity index (χ4n) is 1.26. The molecule has 0 saturated heterocycles. The van der Waals surface area contributed by atoms with E-state index in [1.807, 2.05) is 20.8 Å². The van der Waals surface area contributed by atoms with E-state index in [1.54, 1.807) is 6.20 Å². The molecule has 1 aromatic heterocycles. The summed E-state index contributed by atoms with van der Waals surface area (Å²) >= 11 is 0. The van der Waals surface area contributed by atoms with E-state index >= 15 is 0 Å². The molecule has 1 aromatic rings. The van der Waals surface area contributed by atoms with Crippen LogP contribution in [0.3, 0.4) is 0 Å². The fraction of sp³-hybridized carbons (Fsp3) is 0.636. The molecule has 0 amide bonds. The zero-order chi connectivity index (χ0) is 10.7. The number of aromatic amines is 1. The Morgan fingerprint density at radius 1 is 1.43 bits per heavy atom. The summed E-state index contributed by atoms with van der Waals surface area (Å²) in [6, 6.07) is 0. The standard InChI is InChI=1S/C11H18N2O/c1-5-8(4)10-11(14)13-9(6-12-10)7(2)3/h6-8H,5H2,1-4H3,(H,13,14)/t8-/m0/s1. The van der Waals surface area contributed by atoms with Gasteiger partial charge >= 0.3 is 0 Å². The number of H-pyrrole nitrogens is 1. The zero-order valence-corrected chi connectivity index (χ0v) is 9.29. The van der Waals surface area contributed by atoms with Crippen LogP contribution in [0, 0.1) is 0 Å². The number of hydrogen-bond donors (Lipinski definition) is 1. The van der Waals surface area contributed by atoms with E-state index in [2.05, 4.69) is 16.9 Å². The van der Waals surface area contributed by atoms with Crippen molar-refractivity contribution in [2.75, 3.05) is 0 Å². The Labute approximate surface area is 84.6 Å². The molecule has 0 aliphatic rings. The second kappa shape index (κ2) is 4.40. The van der Waals surface area contributed by atoms with Crippen molar-refractivity contribution >= 4 is 0 Å². The molecule has 0 aromatic carbocycles. The van der Waals surface area contributed by atoms with Gasteiger partial charge in [-0.25, -0.2) is 0 Å². The van der Waals surface area contributed by atoms with Crippen LogP contribution in [-0.4, -0.2) is 9.97 Å². The number of nitrogens with one attached hydrogen (secondary N) is 1. The molecule has 0 bridgehead atoms. The van der Waals surface area contributed by atoms with Crippen molar-refractivity contribution in [3.8, 4) is 0 Å². The maximum absolute atomic E-state index is 11.6. The van der Waals surface area contributed by atoms with Gasteiger partial charge in [-0.05, 0) is 12.3 Å². The summed E-state index contributed by atoms with van der Waals surface area (Å²) in [6.45, 7) is 8.15. The van der Waals surface area contributed by atoms with Gasteiger partial charge in [0.1, 0.15) is 5.69 Å². The molecule has 0 aliphatic carbocycles. The monoisotopic (exact) mass is 194 g/mol. The lowest BCUT2D eigenvalue weighted by molar-refractivity contribution is 0.682. The summed E-state index contributed by atoms with van der Waals surface area (Å²) < 4.78 is 0. The van der Waals surface area contributed by atoms with Gasteiger partial charge in [-0.1, -0.05) is 27.7 Å². The average Bonchev–Trinajstić information content (AvgIpc) is 2.16. The van der Waals surface area contributed by atoms with Gasteiger partial charge in [-0.15, -0.1) is 0 Å². The lowest BCUT2D eigenvalue weighted by Gasteiger charge is -2.09. The van der Waals surface area contributed by atoms with E-state index in [1.165, 1.54) is 0 Å². The first kappa shape index (κ1) is 11.0. The van der Waals surface area contributed by atoms with Crippen LogP contribution in [0.2, 0.25) is 0 Å². The quantitative estimate of drug-likeness (QED) is 0.803. The molecule has 3 nitrogen and oxygen atoms in total. The third kappa shape index (κ3) is 2.22. The first-order valence-electron chi connectivity index (χ1n) is 5.15. The Bertz CT molecular complexity index is 355. The second-order valence-electron chi connectivity index (χ2n) is 4.02. The highest BCUT2D eigenvalue weighted by molar-refractivity contribution is 5.09. The molecule has 0 aliphatic heterocycles. The normalized spacial score (nSPS) is 13.2. The Morgan fingerprint density at radius 2 is 2.07 bits per heavy atom. The maximum Gasteiger partial charge on any atom is 0.270 e. The SMILES string of the molecule is CC[C@H](C)c1ncc(C(C)C)[nH]c1=O. The lowest BCUT2D eigenvalue weighted by Crippen LogP contribution is -2.19. The summed E-state index contributed by atoms with van der Waals surface area (Å²) in [5, 5.41) is 0. The third-order valence-corrected chi connectivity index (χ3v) is 2.53. The van der Waals surface area contributed by atoms with Crippen LogP contribution in [0.5, 0.6) is 0 Å². The van der Waals surface area contributed by atoms with E-state index in [0.29, 0.717) is 11.6 Å². The van der Waals surface area contributed by atoms with Crippen LogP contribution in [0.15, 0.2) is 11.0 Å². The van der Waals surface area contributed by atoms with Gasteiger partial charge in [0.15, 0.2) is 0 Å². The molecule has 1 rings (SSSR count). The van der Waals surface area contributed by atoms with Crippen LogP contribution < -0.4 is 5.56 Å².